The molecule has 0 aliphatic carbocycles. The number of esters is 4. The van der Waals surface area contributed by atoms with Gasteiger partial charge in [-0.2, -0.15) is 0 Å². The van der Waals surface area contributed by atoms with Crippen LogP contribution in [0.5, 0.6) is 0 Å². The van der Waals surface area contributed by atoms with Gasteiger partial charge in [0, 0.05) is 0 Å². The van der Waals surface area contributed by atoms with E-state index in [4.69, 9.17) is 18.9 Å². The van der Waals surface area contributed by atoms with Crippen LogP contribution in [0.2, 0.25) is 0 Å². The summed E-state index contributed by atoms with van der Waals surface area (Å²) in [4.78, 5) is 52.3. The third-order valence-corrected chi connectivity index (χ3v) is 4.43. The molecular formula is C15H20N2O8Se. The van der Waals surface area contributed by atoms with Gasteiger partial charge in [-0.15, -0.1) is 0 Å². The number of rotatable bonds is 9. The number of methoxy groups -OCH3 is 1. The van der Waals surface area contributed by atoms with Crippen LogP contribution < -0.4 is 0 Å². The number of hydrogen-bond acceptors (Lipinski definition) is 10. The summed E-state index contributed by atoms with van der Waals surface area (Å²) in [7, 11) is 1.05. The summed E-state index contributed by atoms with van der Waals surface area (Å²) in [5.41, 5.74) is -2.79. The molecule has 0 fully saturated rings. The van der Waals surface area contributed by atoms with Gasteiger partial charge in [-0.3, -0.25) is 0 Å². The maximum atomic E-state index is 12.8. The van der Waals surface area contributed by atoms with Crippen LogP contribution in [0, 0.1) is 5.41 Å². The van der Waals surface area contributed by atoms with Crippen molar-refractivity contribution in [1.82, 2.24) is 9.19 Å². The fraction of sp³-hybridized carbons (Fsp3) is 0.600. The van der Waals surface area contributed by atoms with Crippen molar-refractivity contribution < 1.29 is 38.1 Å². The van der Waals surface area contributed by atoms with Crippen molar-refractivity contribution in [1.29, 1.82) is 0 Å². The topological polar surface area (TPSA) is 131 Å². The molecule has 0 N–H and O–H groups in total. The van der Waals surface area contributed by atoms with E-state index in [1.165, 1.54) is 25.7 Å². The minimum atomic E-state index is -2.74. The van der Waals surface area contributed by atoms with Gasteiger partial charge in [-0.05, 0) is 0 Å². The molecule has 0 aliphatic heterocycles. The average Bonchev–Trinajstić information content (AvgIpc) is 3.13. The van der Waals surface area contributed by atoms with Crippen molar-refractivity contribution >= 4 is 38.6 Å². The van der Waals surface area contributed by atoms with Crippen LogP contribution in [0.25, 0.3) is 0 Å². The zero-order chi connectivity index (χ0) is 19.7. The van der Waals surface area contributed by atoms with Crippen molar-refractivity contribution in [3.05, 3.63) is 10.6 Å². The van der Waals surface area contributed by atoms with Crippen molar-refractivity contribution in [2.24, 2.45) is 5.41 Å². The summed E-state index contributed by atoms with van der Waals surface area (Å²) in [6, 6.07) is 0. The van der Waals surface area contributed by atoms with E-state index in [-0.39, 0.29) is 25.5 Å². The number of nitrogens with zero attached hydrogens (tertiary/aromatic N) is 2. The minimum absolute atomic E-state index is 0.0500. The second kappa shape index (κ2) is 10.0. The van der Waals surface area contributed by atoms with Gasteiger partial charge in [-0.25, -0.2) is 0 Å². The van der Waals surface area contributed by atoms with Gasteiger partial charge in [0.15, 0.2) is 0 Å². The van der Waals surface area contributed by atoms with Gasteiger partial charge in [0.2, 0.25) is 0 Å². The first-order valence-corrected chi connectivity index (χ1v) is 9.53. The van der Waals surface area contributed by atoms with E-state index in [0.717, 1.165) is 7.11 Å². The number of carbonyl (C=O) groups is 4. The molecule has 1 rings (SSSR count). The molecule has 144 valence electrons. The number of aromatic nitrogens is 2. The van der Waals surface area contributed by atoms with Gasteiger partial charge in [0.25, 0.3) is 0 Å². The molecular weight excluding hydrogens is 415 g/mol. The molecule has 1 aromatic rings. The summed E-state index contributed by atoms with van der Waals surface area (Å²) < 4.78 is 23.3. The first-order valence-electron chi connectivity index (χ1n) is 7.78. The first-order chi connectivity index (χ1) is 12.4. The SMILES string of the molecule is CCOC(=O)C(C(=O)OCC)(C(=O)OCC)C(C(=O)OC)c1c[se]nn1. The molecule has 0 saturated carbocycles. The standard InChI is InChI=1S/C15H20N2O8Se/c1-5-23-12(19)15(13(20)24-6-2,14(21)25-7-3)10(11(18)22-4)9-8-26-17-16-9/h8,10H,5-7H2,1-4H3. The Hall–Kier alpha value is -2.26. The van der Waals surface area contributed by atoms with Crippen LogP contribution in [0.3, 0.4) is 0 Å². The van der Waals surface area contributed by atoms with Crippen LogP contribution in [-0.4, -0.2) is 74.7 Å². The Morgan fingerprint density at radius 3 is 1.77 bits per heavy atom. The van der Waals surface area contributed by atoms with Crippen molar-refractivity contribution in [2.75, 3.05) is 26.9 Å². The van der Waals surface area contributed by atoms with Gasteiger partial charge in [0.05, 0.1) is 0 Å². The third-order valence-electron chi connectivity index (χ3n) is 3.33. The molecule has 10 nitrogen and oxygen atoms in total. The van der Waals surface area contributed by atoms with Crippen LogP contribution in [-0.2, 0) is 38.1 Å². The normalized spacial score (nSPS) is 12.0. The van der Waals surface area contributed by atoms with E-state index in [2.05, 4.69) is 9.19 Å². The molecule has 1 aromatic heterocycles. The average molecular weight is 435 g/mol. The molecule has 1 atom stereocenters. The second-order valence-electron chi connectivity index (χ2n) is 4.76. The summed E-state index contributed by atoms with van der Waals surface area (Å²) in [5, 5.41) is 3.79. The van der Waals surface area contributed by atoms with Crippen LogP contribution in [0.1, 0.15) is 32.4 Å². The Kier molecular flexibility index (Phi) is 8.40. The van der Waals surface area contributed by atoms with Crippen molar-refractivity contribution in [3.63, 3.8) is 0 Å². The van der Waals surface area contributed by atoms with Crippen LogP contribution in [0.15, 0.2) is 4.94 Å². The molecule has 0 aliphatic rings. The maximum absolute atomic E-state index is 12.8. The monoisotopic (exact) mass is 436 g/mol. The molecule has 1 unspecified atom stereocenters. The van der Waals surface area contributed by atoms with Crippen molar-refractivity contribution in [3.8, 4) is 0 Å². The van der Waals surface area contributed by atoms with Gasteiger partial charge in [-0.1, -0.05) is 0 Å². The van der Waals surface area contributed by atoms with Gasteiger partial charge < -0.3 is 0 Å². The fourth-order valence-corrected chi connectivity index (χ4v) is 3.28. The zero-order valence-corrected chi connectivity index (χ0v) is 16.6. The quantitative estimate of drug-likeness (QED) is 0.216. The van der Waals surface area contributed by atoms with E-state index >= 15 is 0 Å². The molecule has 0 bridgehead atoms. The second-order valence-corrected chi connectivity index (χ2v) is 6.03. The predicted octanol–water partition coefficient (Wildman–Crippen LogP) is -0.534. The molecule has 0 spiro atoms. The predicted molar refractivity (Wildman–Crippen MR) is 86.1 cm³/mol. The molecule has 0 saturated heterocycles. The van der Waals surface area contributed by atoms with E-state index in [1.54, 1.807) is 0 Å². The fourth-order valence-electron chi connectivity index (χ4n) is 2.27. The summed E-state index contributed by atoms with van der Waals surface area (Å²) >= 11 is -0.439. The Balaban J connectivity index is 3.75. The molecule has 0 radical (unpaired) electrons. The van der Waals surface area contributed by atoms with Gasteiger partial charge in [0.1, 0.15) is 0 Å². The zero-order valence-electron chi connectivity index (χ0n) is 14.8. The van der Waals surface area contributed by atoms with E-state index in [9.17, 15) is 19.2 Å². The summed E-state index contributed by atoms with van der Waals surface area (Å²) in [6.07, 6.45) is 0. The van der Waals surface area contributed by atoms with E-state index in [1.807, 2.05) is 0 Å². The number of ether oxygens (including phenoxy) is 4. The molecule has 0 aromatic carbocycles. The Labute approximate surface area is 156 Å². The van der Waals surface area contributed by atoms with E-state index < -0.39 is 49.9 Å². The van der Waals surface area contributed by atoms with Gasteiger partial charge >= 0.3 is 156 Å². The molecule has 26 heavy (non-hydrogen) atoms. The number of carbonyl (C=O) groups excluding carboxylic acids is 4. The van der Waals surface area contributed by atoms with Crippen molar-refractivity contribution in [2.45, 2.75) is 26.7 Å². The van der Waals surface area contributed by atoms with E-state index in [0.29, 0.717) is 0 Å². The summed E-state index contributed by atoms with van der Waals surface area (Å²) in [5.74, 6) is -6.60. The first kappa shape index (κ1) is 21.8. The third kappa shape index (κ3) is 4.10. The van der Waals surface area contributed by atoms with Crippen LogP contribution >= 0.6 is 0 Å². The van der Waals surface area contributed by atoms with Crippen LogP contribution in [0.4, 0.5) is 0 Å². The Morgan fingerprint density at radius 2 is 1.46 bits per heavy atom. The molecule has 0 amide bonds. The summed E-state index contributed by atoms with van der Waals surface area (Å²) in [6.45, 7) is 4.05. The number of hydrogen-bond donors (Lipinski definition) is 0. The Morgan fingerprint density at radius 1 is 1.00 bits per heavy atom. The molecule has 11 heteroatoms. The molecule has 1 heterocycles. The Bertz CT molecular complexity index is 601.